The molecule has 0 saturated carbocycles. The SMILES string of the molecule is CCC1CCN(c2nc(C(=O)O)c(C(C)=O)s2)C1. The van der Waals surface area contributed by atoms with Gasteiger partial charge >= 0.3 is 5.97 Å². The molecule has 0 aliphatic carbocycles. The van der Waals surface area contributed by atoms with Gasteiger partial charge in [0.15, 0.2) is 16.6 Å². The fourth-order valence-electron chi connectivity index (χ4n) is 2.17. The maximum Gasteiger partial charge on any atom is 0.356 e. The van der Waals surface area contributed by atoms with Crippen molar-refractivity contribution in [1.29, 1.82) is 0 Å². The van der Waals surface area contributed by atoms with Crippen molar-refractivity contribution in [3.05, 3.63) is 10.6 Å². The monoisotopic (exact) mass is 268 g/mol. The molecule has 1 atom stereocenters. The van der Waals surface area contributed by atoms with E-state index in [1.807, 2.05) is 0 Å². The number of carbonyl (C=O) groups is 2. The molecule has 0 bridgehead atoms. The van der Waals surface area contributed by atoms with Gasteiger partial charge in [-0.15, -0.1) is 0 Å². The van der Waals surface area contributed by atoms with Crippen molar-refractivity contribution < 1.29 is 14.7 Å². The Morgan fingerprint density at radius 3 is 2.72 bits per heavy atom. The van der Waals surface area contributed by atoms with Gasteiger partial charge in [0.05, 0.1) is 0 Å². The number of nitrogens with zero attached hydrogens (tertiary/aromatic N) is 2. The van der Waals surface area contributed by atoms with E-state index in [0.29, 0.717) is 11.0 Å². The van der Waals surface area contributed by atoms with E-state index in [4.69, 9.17) is 5.11 Å². The lowest BCUT2D eigenvalue weighted by Crippen LogP contribution is -2.19. The predicted molar refractivity (Wildman–Crippen MR) is 69.7 cm³/mol. The van der Waals surface area contributed by atoms with Crippen LogP contribution in [0.5, 0.6) is 0 Å². The molecule has 1 aliphatic rings. The van der Waals surface area contributed by atoms with Crippen LogP contribution in [-0.4, -0.2) is 34.9 Å². The second-order valence-corrected chi connectivity index (χ2v) is 5.52. The summed E-state index contributed by atoms with van der Waals surface area (Å²) in [7, 11) is 0. The molecule has 6 heteroatoms. The average Bonchev–Trinajstić information content (AvgIpc) is 2.95. The van der Waals surface area contributed by atoms with Crippen molar-refractivity contribution in [2.45, 2.75) is 26.7 Å². The molecule has 1 aromatic rings. The normalized spacial score (nSPS) is 19.2. The van der Waals surface area contributed by atoms with Gasteiger partial charge in [0.2, 0.25) is 0 Å². The summed E-state index contributed by atoms with van der Waals surface area (Å²) in [6, 6.07) is 0. The summed E-state index contributed by atoms with van der Waals surface area (Å²) in [6.07, 6.45) is 2.22. The van der Waals surface area contributed by atoms with E-state index in [2.05, 4.69) is 16.8 Å². The molecular formula is C12H16N2O3S. The largest absolute Gasteiger partial charge is 0.476 e. The highest BCUT2D eigenvalue weighted by Gasteiger charge is 2.27. The molecule has 1 aliphatic heterocycles. The maximum absolute atomic E-state index is 11.4. The molecule has 0 aromatic carbocycles. The molecular weight excluding hydrogens is 252 g/mol. The van der Waals surface area contributed by atoms with Crippen molar-refractivity contribution in [1.82, 2.24) is 4.98 Å². The molecule has 2 heterocycles. The highest BCUT2D eigenvalue weighted by Crippen LogP contribution is 2.31. The van der Waals surface area contributed by atoms with Crippen molar-refractivity contribution >= 4 is 28.2 Å². The Bertz CT molecular complexity index is 452. The van der Waals surface area contributed by atoms with Crippen LogP contribution in [0.1, 0.15) is 46.8 Å². The quantitative estimate of drug-likeness (QED) is 0.848. The molecule has 1 unspecified atom stereocenters. The van der Waals surface area contributed by atoms with Crippen molar-refractivity contribution in [2.24, 2.45) is 5.92 Å². The van der Waals surface area contributed by atoms with Crippen LogP contribution in [0.2, 0.25) is 0 Å². The molecule has 0 spiro atoms. The Morgan fingerprint density at radius 1 is 1.56 bits per heavy atom. The summed E-state index contributed by atoms with van der Waals surface area (Å²) in [4.78, 5) is 28.9. The smallest absolute Gasteiger partial charge is 0.356 e. The number of thiazole rings is 1. The van der Waals surface area contributed by atoms with Gasteiger partial charge in [-0.25, -0.2) is 9.78 Å². The van der Waals surface area contributed by atoms with Gasteiger partial charge in [-0.1, -0.05) is 24.7 Å². The number of ketones is 1. The molecule has 1 fully saturated rings. The minimum absolute atomic E-state index is 0.109. The Morgan fingerprint density at radius 2 is 2.28 bits per heavy atom. The zero-order valence-electron chi connectivity index (χ0n) is 10.5. The number of hydrogen-bond donors (Lipinski definition) is 1. The Balaban J connectivity index is 2.27. The number of carboxylic acids is 1. The number of carbonyl (C=O) groups excluding carboxylic acids is 1. The topological polar surface area (TPSA) is 70.5 Å². The van der Waals surface area contributed by atoms with E-state index in [1.165, 1.54) is 18.3 Å². The van der Waals surface area contributed by atoms with Gasteiger partial charge in [0.1, 0.15) is 4.88 Å². The number of hydrogen-bond acceptors (Lipinski definition) is 5. The second-order valence-electron chi connectivity index (χ2n) is 4.54. The first-order chi connectivity index (χ1) is 8.52. The van der Waals surface area contributed by atoms with Crippen LogP contribution in [0.3, 0.4) is 0 Å². The van der Waals surface area contributed by atoms with Gasteiger partial charge in [0, 0.05) is 20.0 Å². The van der Waals surface area contributed by atoms with E-state index in [0.717, 1.165) is 25.9 Å². The molecule has 2 rings (SSSR count). The van der Waals surface area contributed by atoms with Gasteiger partial charge < -0.3 is 10.0 Å². The standard InChI is InChI=1S/C12H16N2O3S/c1-3-8-4-5-14(6-8)12-13-9(11(16)17)10(18-12)7(2)15/h8H,3-6H2,1-2H3,(H,16,17). The van der Waals surface area contributed by atoms with E-state index in [-0.39, 0.29) is 16.4 Å². The Hall–Kier alpha value is -1.43. The van der Waals surface area contributed by atoms with Crippen LogP contribution in [0.4, 0.5) is 5.13 Å². The van der Waals surface area contributed by atoms with Crippen molar-refractivity contribution in [3.63, 3.8) is 0 Å². The zero-order chi connectivity index (χ0) is 13.3. The lowest BCUT2D eigenvalue weighted by atomic mass is 10.1. The molecule has 18 heavy (non-hydrogen) atoms. The first-order valence-corrected chi connectivity index (χ1v) is 6.84. The molecule has 5 nitrogen and oxygen atoms in total. The number of aromatic nitrogens is 1. The molecule has 0 amide bonds. The van der Waals surface area contributed by atoms with Crippen LogP contribution in [0.25, 0.3) is 0 Å². The molecule has 1 N–H and O–H groups in total. The third kappa shape index (κ3) is 2.38. The molecule has 1 saturated heterocycles. The zero-order valence-corrected chi connectivity index (χ0v) is 11.3. The number of carboxylic acid groups (broad SMARTS) is 1. The lowest BCUT2D eigenvalue weighted by Gasteiger charge is -2.13. The molecule has 0 radical (unpaired) electrons. The summed E-state index contributed by atoms with van der Waals surface area (Å²) in [5, 5.41) is 9.70. The van der Waals surface area contributed by atoms with Gasteiger partial charge in [0.25, 0.3) is 0 Å². The van der Waals surface area contributed by atoms with Gasteiger partial charge in [-0.05, 0) is 12.3 Å². The Labute approximate surface area is 109 Å². The van der Waals surface area contributed by atoms with Crippen molar-refractivity contribution in [3.8, 4) is 0 Å². The predicted octanol–water partition coefficient (Wildman–Crippen LogP) is 2.28. The van der Waals surface area contributed by atoms with E-state index in [1.54, 1.807) is 0 Å². The first kappa shape index (κ1) is 13.0. The van der Waals surface area contributed by atoms with E-state index >= 15 is 0 Å². The number of anilines is 1. The van der Waals surface area contributed by atoms with Gasteiger partial charge in [-0.3, -0.25) is 4.79 Å². The summed E-state index contributed by atoms with van der Waals surface area (Å²) in [5.41, 5.74) is -0.109. The van der Waals surface area contributed by atoms with E-state index in [9.17, 15) is 9.59 Å². The first-order valence-electron chi connectivity index (χ1n) is 6.03. The van der Waals surface area contributed by atoms with Crippen LogP contribution >= 0.6 is 11.3 Å². The molecule has 1 aromatic heterocycles. The fourth-order valence-corrected chi connectivity index (χ4v) is 3.16. The third-order valence-corrected chi connectivity index (χ3v) is 4.49. The van der Waals surface area contributed by atoms with Crippen molar-refractivity contribution in [2.75, 3.05) is 18.0 Å². The number of Topliss-reactive ketones (excluding diaryl/α,β-unsaturated/α-hetero) is 1. The van der Waals surface area contributed by atoms with Crippen LogP contribution in [-0.2, 0) is 0 Å². The lowest BCUT2D eigenvalue weighted by molar-refractivity contribution is 0.0687. The average molecular weight is 268 g/mol. The van der Waals surface area contributed by atoms with Crippen LogP contribution in [0, 0.1) is 5.92 Å². The summed E-state index contributed by atoms with van der Waals surface area (Å²) >= 11 is 1.19. The fraction of sp³-hybridized carbons (Fsp3) is 0.583. The number of rotatable bonds is 4. The minimum Gasteiger partial charge on any atom is -0.476 e. The number of aromatic carboxylic acids is 1. The highest BCUT2D eigenvalue weighted by atomic mass is 32.1. The third-order valence-electron chi connectivity index (χ3n) is 3.27. The van der Waals surface area contributed by atoms with Crippen LogP contribution < -0.4 is 4.90 Å². The molecule has 98 valence electrons. The van der Waals surface area contributed by atoms with Gasteiger partial charge in [-0.2, -0.15) is 0 Å². The highest BCUT2D eigenvalue weighted by molar-refractivity contribution is 7.17. The Kier molecular flexibility index (Phi) is 3.65. The summed E-state index contributed by atoms with van der Waals surface area (Å²) < 4.78 is 0. The minimum atomic E-state index is -1.13. The summed E-state index contributed by atoms with van der Waals surface area (Å²) in [6.45, 7) is 5.32. The van der Waals surface area contributed by atoms with Crippen LogP contribution in [0.15, 0.2) is 0 Å². The van der Waals surface area contributed by atoms with E-state index < -0.39 is 5.97 Å². The summed E-state index contributed by atoms with van der Waals surface area (Å²) in [5.74, 6) is -0.723. The second kappa shape index (κ2) is 5.06. The maximum atomic E-state index is 11.4.